The molecule has 0 aliphatic rings. The summed E-state index contributed by atoms with van der Waals surface area (Å²) in [4.78, 5) is 15.3. The maximum absolute atomic E-state index is 12.4. The number of amides is 1. The number of halogens is 3. The molecule has 2 aromatic rings. The van der Waals surface area contributed by atoms with Crippen LogP contribution in [-0.4, -0.2) is 33.8 Å². The fourth-order valence-corrected chi connectivity index (χ4v) is 2.04. The smallest absolute Gasteiger partial charge is 0.433 e. The van der Waals surface area contributed by atoms with Crippen LogP contribution in [0.15, 0.2) is 42.6 Å². The lowest BCUT2D eigenvalue weighted by Crippen LogP contribution is -2.39. The van der Waals surface area contributed by atoms with Crippen LogP contribution in [0.3, 0.4) is 0 Å². The Kier molecular flexibility index (Phi) is 5.40. The number of rotatable bonds is 5. The molecule has 0 aliphatic heterocycles. The highest BCUT2D eigenvalue weighted by Crippen LogP contribution is 2.27. The second-order valence-corrected chi connectivity index (χ2v) is 5.15. The van der Waals surface area contributed by atoms with Crippen LogP contribution in [0.4, 0.5) is 13.2 Å². The van der Waals surface area contributed by atoms with Gasteiger partial charge in [0.15, 0.2) is 0 Å². The van der Waals surface area contributed by atoms with E-state index in [9.17, 15) is 28.2 Å². The number of carbonyl (C=O) groups is 1. The van der Waals surface area contributed by atoms with E-state index in [0.717, 1.165) is 23.9 Å². The summed E-state index contributed by atoms with van der Waals surface area (Å²) >= 11 is 0. The lowest BCUT2D eigenvalue weighted by molar-refractivity contribution is -0.141. The number of aromatic hydroxyl groups is 1. The van der Waals surface area contributed by atoms with Crippen molar-refractivity contribution in [1.82, 2.24) is 10.3 Å². The van der Waals surface area contributed by atoms with Gasteiger partial charge >= 0.3 is 6.18 Å². The third-order valence-corrected chi connectivity index (χ3v) is 3.29. The first-order chi connectivity index (χ1) is 11.3. The Labute approximate surface area is 135 Å². The van der Waals surface area contributed by atoms with Crippen LogP contribution in [0.2, 0.25) is 0 Å². The molecule has 0 saturated carbocycles. The van der Waals surface area contributed by atoms with E-state index in [1.54, 1.807) is 12.1 Å². The zero-order valence-electron chi connectivity index (χ0n) is 12.4. The molecule has 2 rings (SSSR count). The molecule has 0 saturated heterocycles. The molecule has 5 nitrogen and oxygen atoms in total. The number of phenols is 1. The summed E-state index contributed by atoms with van der Waals surface area (Å²) in [5.74, 6) is -0.534. The van der Waals surface area contributed by atoms with E-state index in [1.165, 1.54) is 12.1 Å². The van der Waals surface area contributed by atoms with Gasteiger partial charge in [0.2, 0.25) is 0 Å². The topological polar surface area (TPSA) is 82.5 Å². The molecule has 0 unspecified atom stereocenters. The first kappa shape index (κ1) is 17.7. The predicted molar refractivity (Wildman–Crippen MR) is 79.4 cm³/mol. The van der Waals surface area contributed by atoms with Gasteiger partial charge in [-0.25, -0.2) is 0 Å². The Morgan fingerprint density at radius 1 is 1.17 bits per heavy atom. The van der Waals surface area contributed by atoms with Crippen molar-refractivity contribution < 1.29 is 28.2 Å². The first-order valence-electron chi connectivity index (χ1n) is 7.02. The van der Waals surface area contributed by atoms with Crippen LogP contribution in [0.1, 0.15) is 21.6 Å². The molecule has 0 radical (unpaired) electrons. The van der Waals surface area contributed by atoms with Crippen molar-refractivity contribution >= 4 is 5.91 Å². The quantitative estimate of drug-likeness (QED) is 0.779. The molecule has 0 bridgehead atoms. The van der Waals surface area contributed by atoms with Crippen LogP contribution in [0.5, 0.6) is 5.75 Å². The van der Waals surface area contributed by atoms with E-state index in [-0.39, 0.29) is 17.9 Å². The lowest BCUT2D eigenvalue weighted by atomic mass is 10.1. The summed E-state index contributed by atoms with van der Waals surface area (Å²) in [6.45, 7) is -0.347. The molecule has 3 N–H and O–H groups in total. The number of phenolic OH excluding ortho intramolecular Hbond substituents is 1. The molecule has 1 amide bonds. The molecule has 128 valence electrons. The van der Waals surface area contributed by atoms with E-state index in [4.69, 9.17) is 0 Å². The minimum absolute atomic E-state index is 0.0350. The molecule has 0 fully saturated rings. The number of hydrogen-bond donors (Lipinski definition) is 3. The van der Waals surface area contributed by atoms with E-state index in [2.05, 4.69) is 10.3 Å². The Morgan fingerprint density at radius 2 is 1.83 bits per heavy atom. The van der Waals surface area contributed by atoms with Gasteiger partial charge in [-0.2, -0.15) is 13.2 Å². The van der Waals surface area contributed by atoms with E-state index >= 15 is 0 Å². The second kappa shape index (κ2) is 7.31. The normalized spacial score (nSPS) is 12.7. The molecule has 1 heterocycles. The van der Waals surface area contributed by atoms with Crippen molar-refractivity contribution in [2.45, 2.75) is 18.6 Å². The summed E-state index contributed by atoms with van der Waals surface area (Å²) in [7, 11) is 0. The average molecular weight is 340 g/mol. The SMILES string of the molecule is O=C(N[C@H](CO)Cc1ccc(O)cc1)c1ccc(C(F)(F)F)nc1. The highest BCUT2D eigenvalue weighted by Gasteiger charge is 2.32. The molecule has 0 spiro atoms. The van der Waals surface area contributed by atoms with Crippen molar-refractivity contribution in [2.24, 2.45) is 0 Å². The van der Waals surface area contributed by atoms with Crippen molar-refractivity contribution in [3.05, 3.63) is 59.4 Å². The number of aliphatic hydroxyl groups excluding tert-OH is 1. The van der Waals surface area contributed by atoms with Crippen LogP contribution in [-0.2, 0) is 12.6 Å². The fourth-order valence-electron chi connectivity index (χ4n) is 2.04. The maximum atomic E-state index is 12.4. The number of carbonyl (C=O) groups excluding carboxylic acids is 1. The van der Waals surface area contributed by atoms with Crippen LogP contribution in [0.25, 0.3) is 0 Å². The highest BCUT2D eigenvalue weighted by atomic mass is 19.4. The Morgan fingerprint density at radius 3 is 2.33 bits per heavy atom. The summed E-state index contributed by atoms with van der Waals surface area (Å²) < 4.78 is 37.3. The Hall–Kier alpha value is -2.61. The highest BCUT2D eigenvalue weighted by molar-refractivity contribution is 5.94. The third kappa shape index (κ3) is 4.69. The van der Waals surface area contributed by atoms with E-state index in [1.807, 2.05) is 0 Å². The summed E-state index contributed by atoms with van der Waals surface area (Å²) in [5, 5.41) is 21.1. The number of alkyl halides is 3. The molecular weight excluding hydrogens is 325 g/mol. The van der Waals surface area contributed by atoms with Crippen molar-refractivity contribution in [2.75, 3.05) is 6.61 Å². The number of hydrogen-bond acceptors (Lipinski definition) is 4. The van der Waals surface area contributed by atoms with Gasteiger partial charge in [-0.15, -0.1) is 0 Å². The molecule has 1 aromatic heterocycles. The van der Waals surface area contributed by atoms with Crippen LogP contribution < -0.4 is 5.32 Å². The van der Waals surface area contributed by atoms with Gasteiger partial charge in [0.25, 0.3) is 5.91 Å². The standard InChI is InChI=1S/C16H15F3N2O3/c17-16(18,19)14-6-3-11(8-20-14)15(24)21-12(9-22)7-10-1-4-13(23)5-2-10/h1-6,8,12,22-23H,7,9H2,(H,21,24)/t12-/m0/s1. The minimum Gasteiger partial charge on any atom is -0.508 e. The molecule has 1 aromatic carbocycles. The third-order valence-electron chi connectivity index (χ3n) is 3.29. The number of aliphatic hydroxyl groups is 1. The molecule has 24 heavy (non-hydrogen) atoms. The van der Waals surface area contributed by atoms with Gasteiger partial charge < -0.3 is 15.5 Å². The van der Waals surface area contributed by atoms with Crippen LogP contribution in [0, 0.1) is 0 Å². The zero-order chi connectivity index (χ0) is 17.7. The second-order valence-electron chi connectivity index (χ2n) is 5.15. The lowest BCUT2D eigenvalue weighted by Gasteiger charge is -2.16. The summed E-state index contributed by atoms with van der Waals surface area (Å²) in [6, 6.07) is 7.37. The largest absolute Gasteiger partial charge is 0.508 e. The minimum atomic E-state index is -4.57. The predicted octanol–water partition coefficient (Wildman–Crippen LogP) is 2.14. The molecule has 1 atom stereocenters. The van der Waals surface area contributed by atoms with Crippen molar-refractivity contribution in [3.63, 3.8) is 0 Å². The average Bonchev–Trinajstić information content (AvgIpc) is 2.55. The Balaban J connectivity index is 2.02. The molecule has 0 aliphatic carbocycles. The van der Waals surface area contributed by atoms with Crippen molar-refractivity contribution in [3.8, 4) is 5.75 Å². The van der Waals surface area contributed by atoms with Crippen LogP contribution >= 0.6 is 0 Å². The van der Waals surface area contributed by atoms with Gasteiger partial charge in [-0.05, 0) is 36.2 Å². The van der Waals surface area contributed by atoms with Gasteiger partial charge in [0, 0.05) is 6.20 Å². The molecule has 8 heteroatoms. The van der Waals surface area contributed by atoms with E-state index in [0.29, 0.717) is 6.42 Å². The van der Waals surface area contributed by atoms with Gasteiger partial charge in [0.05, 0.1) is 18.2 Å². The van der Waals surface area contributed by atoms with Gasteiger partial charge in [0.1, 0.15) is 11.4 Å². The van der Waals surface area contributed by atoms with Gasteiger partial charge in [-0.1, -0.05) is 12.1 Å². The summed E-state index contributed by atoms with van der Waals surface area (Å²) in [6.07, 6.45) is -3.43. The zero-order valence-corrected chi connectivity index (χ0v) is 12.4. The summed E-state index contributed by atoms with van der Waals surface area (Å²) in [5.41, 5.74) is -0.341. The first-order valence-corrected chi connectivity index (χ1v) is 7.02. The number of nitrogens with zero attached hydrogens (tertiary/aromatic N) is 1. The number of nitrogens with one attached hydrogen (secondary N) is 1. The number of benzene rings is 1. The number of pyridine rings is 1. The van der Waals surface area contributed by atoms with E-state index < -0.39 is 23.8 Å². The molecular formula is C16H15F3N2O3. The maximum Gasteiger partial charge on any atom is 0.433 e. The monoisotopic (exact) mass is 340 g/mol. The Bertz CT molecular complexity index is 685. The van der Waals surface area contributed by atoms with Crippen molar-refractivity contribution in [1.29, 1.82) is 0 Å². The van der Waals surface area contributed by atoms with Gasteiger partial charge in [-0.3, -0.25) is 9.78 Å². The fraction of sp³-hybridized carbons (Fsp3) is 0.250. The number of aromatic nitrogens is 1.